The van der Waals surface area contributed by atoms with Gasteiger partial charge in [0.1, 0.15) is 11.4 Å². The number of rotatable bonds is 6. The number of aryl methyl sites for hydroxylation is 1. The Bertz CT molecular complexity index is 1240. The van der Waals surface area contributed by atoms with E-state index in [9.17, 15) is 19.7 Å². The third-order valence-corrected chi connectivity index (χ3v) is 5.63. The lowest BCUT2D eigenvalue weighted by Crippen LogP contribution is -2.22. The number of para-hydroxylation sites is 1. The minimum absolute atomic E-state index is 0.00919. The molecule has 9 heteroatoms. The minimum atomic E-state index is -0.680. The van der Waals surface area contributed by atoms with Crippen LogP contribution >= 0.6 is 0 Å². The molecular weight excluding hydrogens is 426 g/mol. The van der Waals surface area contributed by atoms with Crippen LogP contribution in [0.25, 0.3) is 10.9 Å². The average molecular weight is 449 g/mol. The van der Waals surface area contributed by atoms with E-state index in [-0.39, 0.29) is 17.1 Å². The molecule has 2 aromatic carbocycles. The maximum Gasteiger partial charge on any atom is 0.339 e. The van der Waals surface area contributed by atoms with Crippen LogP contribution in [0.5, 0.6) is 5.75 Å². The predicted molar refractivity (Wildman–Crippen MR) is 122 cm³/mol. The number of nitrogens with one attached hydrogen (secondary N) is 1. The van der Waals surface area contributed by atoms with E-state index >= 15 is 0 Å². The van der Waals surface area contributed by atoms with Gasteiger partial charge in [0.15, 0.2) is 6.61 Å². The topological polar surface area (TPSA) is 121 Å². The Morgan fingerprint density at radius 1 is 1.12 bits per heavy atom. The first-order valence-electron chi connectivity index (χ1n) is 10.7. The maximum atomic E-state index is 13.1. The van der Waals surface area contributed by atoms with Crippen molar-refractivity contribution in [1.82, 2.24) is 4.98 Å². The lowest BCUT2D eigenvalue weighted by molar-refractivity contribution is -0.384. The van der Waals surface area contributed by atoms with Crippen LogP contribution in [0.4, 0.5) is 11.4 Å². The van der Waals surface area contributed by atoms with Crippen molar-refractivity contribution in [2.75, 3.05) is 19.0 Å². The van der Waals surface area contributed by atoms with E-state index in [0.29, 0.717) is 16.5 Å². The van der Waals surface area contributed by atoms with E-state index < -0.39 is 23.4 Å². The van der Waals surface area contributed by atoms with Crippen LogP contribution in [-0.2, 0) is 22.4 Å². The van der Waals surface area contributed by atoms with Gasteiger partial charge in [-0.1, -0.05) is 24.6 Å². The molecular formula is C24H23N3O6. The number of nitro groups is 1. The molecule has 0 saturated heterocycles. The monoisotopic (exact) mass is 449 g/mol. The van der Waals surface area contributed by atoms with Gasteiger partial charge in [0.2, 0.25) is 0 Å². The molecule has 0 unspecified atom stereocenters. The third kappa shape index (κ3) is 4.77. The van der Waals surface area contributed by atoms with Crippen LogP contribution in [0, 0.1) is 10.1 Å². The average Bonchev–Trinajstić information content (AvgIpc) is 3.06. The van der Waals surface area contributed by atoms with E-state index in [1.54, 1.807) is 0 Å². The van der Waals surface area contributed by atoms with Gasteiger partial charge in [-0.2, -0.15) is 0 Å². The molecule has 1 amide bonds. The second-order valence-electron chi connectivity index (χ2n) is 7.75. The van der Waals surface area contributed by atoms with Gasteiger partial charge in [-0.15, -0.1) is 0 Å². The van der Waals surface area contributed by atoms with Crippen molar-refractivity contribution in [2.45, 2.75) is 32.1 Å². The Balaban J connectivity index is 1.55. The first-order chi connectivity index (χ1) is 16.0. The Hall–Kier alpha value is -4.01. The summed E-state index contributed by atoms with van der Waals surface area (Å²) in [6.45, 7) is -0.576. The number of nitrogens with zero attached hydrogens (tertiary/aromatic N) is 2. The molecule has 0 radical (unpaired) electrons. The van der Waals surface area contributed by atoms with Crippen LogP contribution in [-0.4, -0.2) is 35.5 Å². The van der Waals surface area contributed by atoms with Gasteiger partial charge in [0.05, 0.1) is 29.2 Å². The number of aromatic nitrogens is 1. The number of carbonyl (C=O) groups is 2. The van der Waals surface area contributed by atoms with E-state index in [4.69, 9.17) is 14.5 Å². The molecule has 4 rings (SSSR count). The fourth-order valence-corrected chi connectivity index (χ4v) is 4.07. The highest BCUT2D eigenvalue weighted by molar-refractivity contribution is 6.06. The summed E-state index contributed by atoms with van der Waals surface area (Å²) < 4.78 is 10.3. The standard InChI is InChI=1S/C24H23N3O6/c1-32-15-11-12-20(21(13-15)27(30)31)26-22(28)14-33-24(29)23-16-7-3-2-4-9-18(16)25-19-10-6-5-8-17(19)23/h5-6,8,10-13H,2-4,7,9,14H2,1H3,(H,26,28). The molecule has 1 N–H and O–H groups in total. The van der Waals surface area contributed by atoms with Crippen LogP contribution in [0.2, 0.25) is 0 Å². The zero-order valence-corrected chi connectivity index (χ0v) is 18.1. The Morgan fingerprint density at radius 2 is 1.91 bits per heavy atom. The summed E-state index contributed by atoms with van der Waals surface area (Å²) in [5, 5.41) is 14.4. The summed E-state index contributed by atoms with van der Waals surface area (Å²) in [5.74, 6) is -0.997. The first-order valence-corrected chi connectivity index (χ1v) is 10.7. The number of amides is 1. The van der Waals surface area contributed by atoms with E-state index in [2.05, 4.69) is 5.32 Å². The zero-order chi connectivity index (χ0) is 23.4. The molecule has 33 heavy (non-hydrogen) atoms. The summed E-state index contributed by atoms with van der Waals surface area (Å²) in [6, 6.07) is 11.4. The van der Waals surface area contributed by atoms with Crippen molar-refractivity contribution >= 4 is 34.2 Å². The van der Waals surface area contributed by atoms with Crippen LogP contribution in [0.3, 0.4) is 0 Å². The number of pyridine rings is 1. The summed E-state index contributed by atoms with van der Waals surface area (Å²) in [4.78, 5) is 41.0. The van der Waals surface area contributed by atoms with Crippen molar-refractivity contribution in [1.29, 1.82) is 0 Å². The number of benzene rings is 2. The van der Waals surface area contributed by atoms with Crippen LogP contribution in [0.1, 0.15) is 40.9 Å². The van der Waals surface area contributed by atoms with Gasteiger partial charge in [-0.3, -0.25) is 19.9 Å². The quantitative estimate of drug-likeness (QED) is 0.259. The fourth-order valence-electron chi connectivity index (χ4n) is 4.07. The highest BCUT2D eigenvalue weighted by Crippen LogP contribution is 2.30. The summed E-state index contributed by atoms with van der Waals surface area (Å²) in [5.41, 5.74) is 2.60. The molecule has 3 aromatic rings. The van der Waals surface area contributed by atoms with Gasteiger partial charge in [0.25, 0.3) is 11.6 Å². The number of carbonyl (C=O) groups excluding carboxylic acids is 2. The maximum absolute atomic E-state index is 13.1. The largest absolute Gasteiger partial charge is 0.496 e. The molecule has 1 aliphatic carbocycles. The molecule has 1 aliphatic rings. The van der Waals surface area contributed by atoms with E-state index in [0.717, 1.165) is 43.4 Å². The SMILES string of the molecule is COc1ccc(NC(=O)COC(=O)c2c3c(nc4ccccc24)CCCCC3)c([N+](=O)[O-])c1. The predicted octanol–water partition coefficient (Wildman–Crippen LogP) is 4.22. The lowest BCUT2D eigenvalue weighted by Gasteiger charge is -2.15. The smallest absolute Gasteiger partial charge is 0.339 e. The van der Waals surface area contributed by atoms with Gasteiger partial charge in [-0.25, -0.2) is 4.79 Å². The van der Waals surface area contributed by atoms with Crippen molar-refractivity contribution in [3.63, 3.8) is 0 Å². The van der Waals surface area contributed by atoms with Gasteiger partial charge < -0.3 is 14.8 Å². The third-order valence-electron chi connectivity index (χ3n) is 5.63. The highest BCUT2D eigenvalue weighted by Gasteiger charge is 2.24. The van der Waals surface area contributed by atoms with Crippen molar-refractivity contribution < 1.29 is 24.0 Å². The Kier molecular flexibility index (Phi) is 6.48. The van der Waals surface area contributed by atoms with Crippen LogP contribution in [0.15, 0.2) is 42.5 Å². The van der Waals surface area contributed by atoms with Gasteiger partial charge in [0, 0.05) is 11.1 Å². The van der Waals surface area contributed by atoms with Crippen molar-refractivity contribution in [3.05, 3.63) is 69.4 Å². The van der Waals surface area contributed by atoms with Crippen molar-refractivity contribution in [3.8, 4) is 5.75 Å². The Morgan fingerprint density at radius 3 is 2.70 bits per heavy atom. The molecule has 9 nitrogen and oxygen atoms in total. The normalized spacial score (nSPS) is 13.0. The number of fused-ring (bicyclic) bond motifs is 2. The highest BCUT2D eigenvalue weighted by atomic mass is 16.6. The molecule has 1 heterocycles. The zero-order valence-electron chi connectivity index (χ0n) is 18.1. The number of esters is 1. The molecule has 0 saturated carbocycles. The number of ether oxygens (including phenoxy) is 2. The van der Waals surface area contributed by atoms with Crippen molar-refractivity contribution in [2.24, 2.45) is 0 Å². The molecule has 0 spiro atoms. The number of hydrogen-bond donors (Lipinski definition) is 1. The number of methoxy groups -OCH3 is 1. The summed E-state index contributed by atoms with van der Waals surface area (Å²) in [7, 11) is 1.39. The van der Waals surface area contributed by atoms with Gasteiger partial charge in [-0.05, 0) is 49.4 Å². The van der Waals surface area contributed by atoms with E-state index in [1.165, 1.54) is 25.3 Å². The number of anilines is 1. The Labute approximate surface area is 189 Å². The summed E-state index contributed by atoms with van der Waals surface area (Å²) in [6.07, 6.45) is 4.54. The molecule has 0 fully saturated rings. The number of nitro benzene ring substituents is 1. The second kappa shape index (κ2) is 9.64. The van der Waals surface area contributed by atoms with E-state index in [1.807, 2.05) is 24.3 Å². The molecule has 0 bridgehead atoms. The first kappa shape index (κ1) is 22.2. The summed E-state index contributed by atoms with van der Waals surface area (Å²) >= 11 is 0. The second-order valence-corrected chi connectivity index (χ2v) is 7.75. The molecule has 0 aliphatic heterocycles. The van der Waals surface area contributed by atoms with Crippen LogP contribution < -0.4 is 10.1 Å². The fraction of sp³-hybridized carbons (Fsp3) is 0.292. The minimum Gasteiger partial charge on any atom is -0.496 e. The molecule has 0 atom stereocenters. The molecule has 170 valence electrons. The number of hydrogen-bond acceptors (Lipinski definition) is 7. The lowest BCUT2D eigenvalue weighted by atomic mass is 9.97. The molecule has 1 aromatic heterocycles. The van der Waals surface area contributed by atoms with Gasteiger partial charge >= 0.3 is 5.97 Å².